The van der Waals surface area contributed by atoms with Crippen LogP contribution in [0.3, 0.4) is 0 Å². The van der Waals surface area contributed by atoms with E-state index in [1.807, 2.05) is 0 Å². The molecule has 0 spiro atoms. The van der Waals surface area contributed by atoms with Gasteiger partial charge in [0, 0.05) is 18.3 Å². The molecule has 2 saturated carbocycles. The molecule has 0 aromatic rings. The molecule has 2 nitrogen and oxygen atoms in total. The largest absolute Gasteiger partial charge is 0.300 e. The lowest BCUT2D eigenvalue weighted by atomic mass is 9.79. The van der Waals surface area contributed by atoms with Gasteiger partial charge in [0.05, 0.1) is 0 Å². The predicted octanol–water partition coefficient (Wildman–Crippen LogP) is 1.83. The molecule has 72 valence electrons. The minimum Gasteiger partial charge on any atom is -0.300 e. The van der Waals surface area contributed by atoms with E-state index in [0.29, 0.717) is 18.1 Å². The molecule has 2 rings (SSSR count). The van der Waals surface area contributed by atoms with Gasteiger partial charge in [0.2, 0.25) is 0 Å². The fraction of sp³-hybridized carbons (Fsp3) is 0.818. The zero-order valence-electron chi connectivity index (χ0n) is 8.46. The molecular weight excluding hydrogens is 164 g/mol. The Kier molecular flexibility index (Phi) is 1.67. The average molecular weight is 180 g/mol. The monoisotopic (exact) mass is 180 g/mol. The van der Waals surface area contributed by atoms with Gasteiger partial charge in [-0.25, -0.2) is 0 Å². The lowest BCUT2D eigenvalue weighted by molar-refractivity contribution is -0.131. The molecule has 0 N–H and O–H groups in total. The van der Waals surface area contributed by atoms with Crippen LogP contribution in [0.1, 0.15) is 33.6 Å². The van der Waals surface area contributed by atoms with Crippen LogP contribution in [0.15, 0.2) is 0 Å². The summed E-state index contributed by atoms with van der Waals surface area (Å²) in [6.07, 6.45) is 1.65. The van der Waals surface area contributed by atoms with Crippen LogP contribution in [0.4, 0.5) is 0 Å². The van der Waals surface area contributed by atoms with E-state index < -0.39 is 0 Å². The number of Topliss-reactive ketones (excluding diaryl/α,β-unsaturated/α-hetero) is 2. The van der Waals surface area contributed by atoms with Gasteiger partial charge in [0.15, 0.2) is 0 Å². The second kappa shape index (κ2) is 2.43. The van der Waals surface area contributed by atoms with Crippen LogP contribution in [0, 0.1) is 23.2 Å². The highest BCUT2D eigenvalue weighted by Crippen LogP contribution is 2.58. The van der Waals surface area contributed by atoms with Crippen molar-refractivity contribution in [2.75, 3.05) is 0 Å². The molecule has 0 aromatic carbocycles. The molecule has 0 radical (unpaired) electrons. The molecule has 0 heterocycles. The van der Waals surface area contributed by atoms with E-state index in [1.54, 1.807) is 6.92 Å². The van der Waals surface area contributed by atoms with Crippen LogP contribution < -0.4 is 0 Å². The minimum atomic E-state index is 0.0231. The lowest BCUT2D eigenvalue weighted by Crippen LogP contribution is -2.29. The number of carbonyl (C=O) groups is 2. The number of fused-ring (bicyclic) bond motifs is 2. The number of carbonyl (C=O) groups excluding carboxylic acids is 2. The molecule has 0 amide bonds. The van der Waals surface area contributed by atoms with E-state index >= 15 is 0 Å². The smallest absolute Gasteiger partial charge is 0.137 e. The molecule has 2 aliphatic rings. The van der Waals surface area contributed by atoms with Crippen molar-refractivity contribution >= 4 is 11.6 Å². The zero-order valence-corrected chi connectivity index (χ0v) is 8.46. The summed E-state index contributed by atoms with van der Waals surface area (Å²) >= 11 is 0. The minimum absolute atomic E-state index is 0.0231. The Morgan fingerprint density at radius 2 is 2.08 bits per heavy atom. The average Bonchev–Trinajstić information content (AvgIpc) is 2.36. The molecule has 0 aliphatic heterocycles. The molecular formula is C11H16O2. The molecule has 2 heteroatoms. The summed E-state index contributed by atoms with van der Waals surface area (Å²) < 4.78 is 0. The predicted molar refractivity (Wildman–Crippen MR) is 49.2 cm³/mol. The molecule has 0 aromatic heterocycles. The first-order valence-electron chi connectivity index (χ1n) is 4.97. The fourth-order valence-electron chi connectivity index (χ4n) is 3.27. The Morgan fingerprint density at radius 3 is 2.38 bits per heavy atom. The van der Waals surface area contributed by atoms with E-state index in [2.05, 4.69) is 13.8 Å². The third-order valence-corrected chi connectivity index (χ3v) is 4.11. The quantitative estimate of drug-likeness (QED) is 0.617. The van der Waals surface area contributed by atoms with E-state index in [0.717, 1.165) is 6.42 Å². The number of rotatable bonds is 1. The molecule has 2 fully saturated rings. The van der Waals surface area contributed by atoms with Crippen LogP contribution >= 0.6 is 0 Å². The van der Waals surface area contributed by atoms with E-state index in [1.165, 1.54) is 0 Å². The van der Waals surface area contributed by atoms with Crippen LogP contribution in [-0.4, -0.2) is 11.6 Å². The van der Waals surface area contributed by atoms with Crippen molar-refractivity contribution in [2.45, 2.75) is 33.6 Å². The first kappa shape index (κ1) is 8.92. The van der Waals surface area contributed by atoms with E-state index in [-0.39, 0.29) is 23.0 Å². The first-order valence-corrected chi connectivity index (χ1v) is 4.97. The Morgan fingerprint density at radius 1 is 1.46 bits per heavy atom. The van der Waals surface area contributed by atoms with Crippen LogP contribution in [0.25, 0.3) is 0 Å². The molecule has 3 atom stereocenters. The summed E-state index contributed by atoms with van der Waals surface area (Å²) in [7, 11) is 0. The van der Waals surface area contributed by atoms with Gasteiger partial charge in [-0.2, -0.15) is 0 Å². The Hall–Kier alpha value is -0.660. The summed E-state index contributed by atoms with van der Waals surface area (Å²) in [5, 5.41) is 0. The third-order valence-electron chi connectivity index (χ3n) is 4.11. The molecule has 2 aliphatic carbocycles. The van der Waals surface area contributed by atoms with E-state index in [4.69, 9.17) is 0 Å². The summed E-state index contributed by atoms with van der Waals surface area (Å²) in [6, 6.07) is 0. The van der Waals surface area contributed by atoms with Crippen molar-refractivity contribution in [3.05, 3.63) is 0 Å². The Labute approximate surface area is 78.7 Å². The standard InChI is InChI=1S/C11H16O2/c1-6(12)8-4-7-5-9(13)10(8)11(7,2)3/h7-8,10H,4-5H2,1-3H3. The highest BCUT2D eigenvalue weighted by molar-refractivity contribution is 5.93. The number of hydrogen-bond acceptors (Lipinski definition) is 2. The van der Waals surface area contributed by atoms with Gasteiger partial charge in [-0.3, -0.25) is 9.59 Å². The van der Waals surface area contributed by atoms with Gasteiger partial charge in [0.25, 0.3) is 0 Å². The lowest BCUT2D eigenvalue weighted by Gasteiger charge is -2.23. The highest BCUT2D eigenvalue weighted by Gasteiger charge is 2.59. The second-order valence-corrected chi connectivity index (χ2v) is 5.12. The SMILES string of the molecule is CC(=O)C1CC2CC(=O)C1C2(C)C. The molecule has 2 bridgehead atoms. The topological polar surface area (TPSA) is 34.1 Å². The van der Waals surface area contributed by atoms with Crippen molar-refractivity contribution in [3.63, 3.8) is 0 Å². The van der Waals surface area contributed by atoms with Gasteiger partial charge < -0.3 is 0 Å². The third kappa shape index (κ3) is 1.01. The normalized spacial score (nSPS) is 41.2. The number of ketones is 2. The summed E-state index contributed by atoms with van der Waals surface area (Å²) in [4.78, 5) is 22.9. The molecule has 0 saturated heterocycles. The Balaban J connectivity index is 2.35. The van der Waals surface area contributed by atoms with Crippen molar-refractivity contribution in [1.29, 1.82) is 0 Å². The van der Waals surface area contributed by atoms with Gasteiger partial charge in [-0.1, -0.05) is 13.8 Å². The van der Waals surface area contributed by atoms with Crippen molar-refractivity contribution in [1.82, 2.24) is 0 Å². The van der Waals surface area contributed by atoms with Crippen molar-refractivity contribution in [3.8, 4) is 0 Å². The van der Waals surface area contributed by atoms with Crippen molar-refractivity contribution < 1.29 is 9.59 Å². The van der Waals surface area contributed by atoms with Crippen molar-refractivity contribution in [2.24, 2.45) is 23.2 Å². The molecule has 3 unspecified atom stereocenters. The Bertz CT molecular complexity index is 278. The highest BCUT2D eigenvalue weighted by atomic mass is 16.1. The van der Waals surface area contributed by atoms with Gasteiger partial charge >= 0.3 is 0 Å². The zero-order chi connectivity index (χ0) is 9.80. The maximum absolute atomic E-state index is 11.6. The van der Waals surface area contributed by atoms with Crippen LogP contribution in [-0.2, 0) is 9.59 Å². The van der Waals surface area contributed by atoms with Gasteiger partial charge in [0.1, 0.15) is 11.6 Å². The molecule has 13 heavy (non-hydrogen) atoms. The maximum Gasteiger partial charge on any atom is 0.137 e. The van der Waals surface area contributed by atoms with Gasteiger partial charge in [-0.15, -0.1) is 0 Å². The maximum atomic E-state index is 11.6. The van der Waals surface area contributed by atoms with E-state index in [9.17, 15) is 9.59 Å². The second-order valence-electron chi connectivity index (χ2n) is 5.12. The first-order chi connectivity index (χ1) is 5.94. The van der Waals surface area contributed by atoms with Crippen LogP contribution in [0.2, 0.25) is 0 Å². The fourth-order valence-corrected chi connectivity index (χ4v) is 3.27. The van der Waals surface area contributed by atoms with Crippen LogP contribution in [0.5, 0.6) is 0 Å². The summed E-state index contributed by atoms with van der Waals surface area (Å²) in [5.41, 5.74) is 0.0768. The number of hydrogen-bond donors (Lipinski definition) is 0. The van der Waals surface area contributed by atoms with Gasteiger partial charge in [-0.05, 0) is 24.7 Å². The summed E-state index contributed by atoms with van der Waals surface area (Å²) in [6.45, 7) is 5.89. The summed E-state index contributed by atoms with van der Waals surface area (Å²) in [5.74, 6) is 1.03.